The van der Waals surface area contributed by atoms with Gasteiger partial charge in [-0.25, -0.2) is 0 Å². The Morgan fingerprint density at radius 1 is 1.46 bits per heavy atom. The fraction of sp³-hybridized carbons (Fsp3) is 0.778. The van der Waals surface area contributed by atoms with Gasteiger partial charge in [0.25, 0.3) is 0 Å². The third-order valence-electron chi connectivity index (χ3n) is 1.84. The average Bonchev–Trinajstić information content (AvgIpc) is 1.95. The molecule has 2 N–H and O–H groups in total. The molecule has 0 aliphatic heterocycles. The van der Waals surface area contributed by atoms with E-state index in [1.54, 1.807) is 0 Å². The lowest BCUT2D eigenvalue weighted by atomic mass is 10.0. The predicted molar refractivity (Wildman–Crippen MR) is 54.7 cm³/mol. The Hall–Kier alpha value is -0.110. The summed E-state index contributed by atoms with van der Waals surface area (Å²) in [7, 11) is -3.79. The summed E-state index contributed by atoms with van der Waals surface area (Å²) in [5.74, 6) is 0.350. The van der Waals surface area contributed by atoms with Gasteiger partial charge in [0.05, 0.1) is 6.16 Å². The van der Waals surface area contributed by atoms with E-state index in [0.717, 1.165) is 6.42 Å². The molecule has 1 unspecified atom stereocenters. The van der Waals surface area contributed by atoms with Crippen molar-refractivity contribution in [3.63, 3.8) is 0 Å². The zero-order chi connectivity index (χ0) is 10.5. The Bertz CT molecular complexity index is 213. The second kappa shape index (κ2) is 5.58. The van der Waals surface area contributed by atoms with Crippen LogP contribution in [0.3, 0.4) is 0 Å². The molecule has 0 radical (unpaired) electrons. The Morgan fingerprint density at radius 3 is 2.38 bits per heavy atom. The quantitative estimate of drug-likeness (QED) is 0.536. The van der Waals surface area contributed by atoms with Crippen LogP contribution in [0.4, 0.5) is 0 Å². The summed E-state index contributed by atoms with van der Waals surface area (Å²) in [6, 6.07) is 0. The summed E-state index contributed by atoms with van der Waals surface area (Å²) in [5.41, 5.74) is 1.25. The first-order chi connectivity index (χ1) is 5.81. The minimum Gasteiger partial charge on any atom is -0.324 e. The molecule has 0 aromatic heterocycles. The van der Waals surface area contributed by atoms with Crippen LogP contribution in [-0.2, 0) is 4.57 Å². The van der Waals surface area contributed by atoms with E-state index in [0.29, 0.717) is 12.3 Å². The lowest BCUT2D eigenvalue weighted by Crippen LogP contribution is -1.98. The van der Waals surface area contributed by atoms with Crippen molar-refractivity contribution in [2.75, 3.05) is 6.16 Å². The van der Waals surface area contributed by atoms with Crippen molar-refractivity contribution in [3.05, 3.63) is 11.6 Å². The highest BCUT2D eigenvalue weighted by Crippen LogP contribution is 2.36. The van der Waals surface area contributed by atoms with Gasteiger partial charge in [-0.1, -0.05) is 18.6 Å². The van der Waals surface area contributed by atoms with Gasteiger partial charge in [0, 0.05) is 0 Å². The van der Waals surface area contributed by atoms with Gasteiger partial charge in [-0.2, -0.15) is 0 Å². The maximum Gasteiger partial charge on any atom is 0.325 e. The third-order valence-corrected chi connectivity index (χ3v) is 2.68. The maximum absolute atomic E-state index is 10.6. The molecule has 0 bridgehead atoms. The molecule has 13 heavy (non-hydrogen) atoms. The molecule has 3 nitrogen and oxygen atoms in total. The molecule has 1 atom stereocenters. The Balaban J connectivity index is 3.70. The molecular formula is C9H19O3P. The first-order valence-electron chi connectivity index (χ1n) is 4.49. The highest BCUT2D eigenvalue weighted by Gasteiger charge is 2.14. The Morgan fingerprint density at radius 2 is 2.00 bits per heavy atom. The van der Waals surface area contributed by atoms with E-state index in [-0.39, 0.29) is 6.16 Å². The highest BCUT2D eigenvalue weighted by molar-refractivity contribution is 7.51. The summed E-state index contributed by atoms with van der Waals surface area (Å²) in [4.78, 5) is 17.3. The van der Waals surface area contributed by atoms with E-state index < -0.39 is 7.60 Å². The molecule has 0 aliphatic carbocycles. The van der Waals surface area contributed by atoms with Crippen LogP contribution in [0.25, 0.3) is 0 Å². The van der Waals surface area contributed by atoms with E-state index in [9.17, 15) is 4.57 Å². The molecule has 4 heteroatoms. The number of rotatable bonds is 5. The van der Waals surface area contributed by atoms with Gasteiger partial charge < -0.3 is 9.79 Å². The van der Waals surface area contributed by atoms with Crippen molar-refractivity contribution in [2.24, 2.45) is 5.92 Å². The summed E-state index contributed by atoms with van der Waals surface area (Å²) in [5, 5.41) is 0. The smallest absolute Gasteiger partial charge is 0.324 e. The van der Waals surface area contributed by atoms with Crippen molar-refractivity contribution >= 4 is 7.60 Å². The lowest BCUT2D eigenvalue weighted by molar-refractivity contribution is 0.366. The van der Waals surface area contributed by atoms with E-state index >= 15 is 0 Å². The molecule has 0 saturated heterocycles. The maximum atomic E-state index is 10.6. The van der Waals surface area contributed by atoms with Crippen LogP contribution in [-0.4, -0.2) is 15.9 Å². The van der Waals surface area contributed by atoms with Crippen LogP contribution in [0.1, 0.15) is 33.6 Å². The monoisotopic (exact) mass is 206 g/mol. The molecule has 78 valence electrons. The molecular weight excluding hydrogens is 187 g/mol. The van der Waals surface area contributed by atoms with E-state index in [4.69, 9.17) is 9.79 Å². The minimum atomic E-state index is -3.79. The van der Waals surface area contributed by atoms with Crippen molar-refractivity contribution in [2.45, 2.75) is 33.6 Å². The zero-order valence-corrected chi connectivity index (χ0v) is 9.42. The van der Waals surface area contributed by atoms with Gasteiger partial charge in [-0.3, -0.25) is 4.57 Å². The van der Waals surface area contributed by atoms with E-state index in [1.807, 2.05) is 20.8 Å². The van der Waals surface area contributed by atoms with Crippen LogP contribution < -0.4 is 0 Å². The fourth-order valence-corrected chi connectivity index (χ4v) is 1.72. The van der Waals surface area contributed by atoms with Crippen LogP contribution in [0.15, 0.2) is 11.6 Å². The molecule has 0 fully saturated rings. The summed E-state index contributed by atoms with van der Waals surface area (Å²) >= 11 is 0. The average molecular weight is 206 g/mol. The molecule has 0 aromatic rings. The van der Waals surface area contributed by atoms with Gasteiger partial charge >= 0.3 is 7.60 Å². The molecule has 0 aromatic carbocycles. The first kappa shape index (κ1) is 12.9. The minimum absolute atomic E-state index is 0.00473. The Kier molecular flexibility index (Phi) is 5.54. The van der Waals surface area contributed by atoms with Gasteiger partial charge in [0.1, 0.15) is 0 Å². The van der Waals surface area contributed by atoms with Crippen LogP contribution in [0.5, 0.6) is 0 Å². The summed E-state index contributed by atoms with van der Waals surface area (Å²) in [6.07, 6.45) is 3.60. The lowest BCUT2D eigenvalue weighted by Gasteiger charge is -2.09. The number of hydrogen-bond acceptors (Lipinski definition) is 1. The number of allylic oxidation sites excluding steroid dienone is 2. The summed E-state index contributed by atoms with van der Waals surface area (Å²) in [6.45, 7) is 6.06. The molecule has 0 heterocycles. The SMILES string of the molecule is CC(C)=CCC(C)CCP(=O)(O)O. The van der Waals surface area contributed by atoms with E-state index in [1.165, 1.54) is 5.57 Å². The summed E-state index contributed by atoms with van der Waals surface area (Å²) < 4.78 is 10.6. The first-order valence-corrected chi connectivity index (χ1v) is 6.29. The second-order valence-electron chi connectivity index (χ2n) is 3.80. The highest BCUT2D eigenvalue weighted by atomic mass is 31.2. The Labute approximate surface area is 80.0 Å². The molecule has 0 rings (SSSR count). The largest absolute Gasteiger partial charge is 0.325 e. The number of hydrogen-bond donors (Lipinski definition) is 2. The van der Waals surface area contributed by atoms with Crippen LogP contribution in [0, 0.1) is 5.92 Å². The molecule has 0 aliphatic rings. The van der Waals surface area contributed by atoms with Gasteiger partial charge in [0.15, 0.2) is 0 Å². The van der Waals surface area contributed by atoms with Crippen molar-refractivity contribution in [1.82, 2.24) is 0 Å². The van der Waals surface area contributed by atoms with Gasteiger partial charge in [0.2, 0.25) is 0 Å². The van der Waals surface area contributed by atoms with Crippen molar-refractivity contribution in [3.8, 4) is 0 Å². The third kappa shape index (κ3) is 9.81. The van der Waals surface area contributed by atoms with Crippen molar-refractivity contribution in [1.29, 1.82) is 0 Å². The molecule has 0 amide bonds. The second-order valence-corrected chi connectivity index (χ2v) is 5.58. The normalized spacial score (nSPS) is 13.9. The fourth-order valence-electron chi connectivity index (χ4n) is 0.943. The van der Waals surface area contributed by atoms with E-state index in [2.05, 4.69) is 6.08 Å². The van der Waals surface area contributed by atoms with Crippen LogP contribution in [0.2, 0.25) is 0 Å². The predicted octanol–water partition coefficient (Wildman–Crippen LogP) is 2.55. The zero-order valence-electron chi connectivity index (χ0n) is 8.53. The standard InChI is InChI=1S/C9H19O3P/c1-8(2)4-5-9(3)6-7-13(10,11)12/h4,9H,5-7H2,1-3H3,(H2,10,11,12). The van der Waals surface area contributed by atoms with Crippen LogP contribution >= 0.6 is 7.60 Å². The van der Waals surface area contributed by atoms with Gasteiger partial charge in [-0.05, 0) is 32.6 Å². The van der Waals surface area contributed by atoms with Crippen molar-refractivity contribution < 1.29 is 14.4 Å². The molecule has 0 spiro atoms. The van der Waals surface area contributed by atoms with Gasteiger partial charge in [-0.15, -0.1) is 0 Å². The topological polar surface area (TPSA) is 57.5 Å². The molecule has 0 saturated carbocycles.